The fourth-order valence-electron chi connectivity index (χ4n) is 2.08. The number of anilines is 1. The van der Waals surface area contributed by atoms with E-state index in [1.165, 1.54) is 0 Å². The number of ether oxygens (including phenoxy) is 2. The zero-order valence-electron chi connectivity index (χ0n) is 13.5. The van der Waals surface area contributed by atoms with Gasteiger partial charge in [-0.3, -0.25) is 9.59 Å². The van der Waals surface area contributed by atoms with E-state index in [0.29, 0.717) is 16.5 Å². The molecule has 1 N–H and O–H groups in total. The summed E-state index contributed by atoms with van der Waals surface area (Å²) in [5.74, 6) is -0.241. The van der Waals surface area contributed by atoms with Crippen molar-refractivity contribution in [3.05, 3.63) is 58.6 Å². The number of hydrogen-bond acceptors (Lipinski definition) is 4. The summed E-state index contributed by atoms with van der Waals surface area (Å²) in [6, 6.07) is 12.3. The normalized spacial score (nSPS) is 10.1. The van der Waals surface area contributed by atoms with Crippen LogP contribution in [0.25, 0.3) is 0 Å². The van der Waals surface area contributed by atoms with Gasteiger partial charge in [0.1, 0.15) is 5.75 Å². The monoisotopic (exact) mass is 347 g/mol. The van der Waals surface area contributed by atoms with Crippen LogP contribution in [0, 0.1) is 6.92 Å². The lowest BCUT2D eigenvalue weighted by Gasteiger charge is -2.10. The van der Waals surface area contributed by atoms with Crippen LogP contribution in [0.15, 0.2) is 42.5 Å². The topological polar surface area (TPSA) is 64.6 Å². The molecule has 0 aliphatic heterocycles. The zero-order chi connectivity index (χ0) is 17.5. The molecule has 0 aliphatic carbocycles. The molecule has 2 aromatic carbocycles. The van der Waals surface area contributed by atoms with Crippen LogP contribution in [0.3, 0.4) is 0 Å². The Hall–Kier alpha value is -2.53. The lowest BCUT2D eigenvalue weighted by Crippen LogP contribution is -2.22. The molecule has 0 radical (unpaired) electrons. The van der Waals surface area contributed by atoms with Gasteiger partial charge in [-0.25, -0.2) is 0 Å². The first-order chi connectivity index (χ1) is 11.5. The Bertz CT molecular complexity index is 746. The molecule has 0 aromatic heterocycles. The highest BCUT2D eigenvalue weighted by Crippen LogP contribution is 2.22. The van der Waals surface area contributed by atoms with Gasteiger partial charge < -0.3 is 14.8 Å². The number of esters is 1. The number of rotatable bonds is 6. The summed E-state index contributed by atoms with van der Waals surface area (Å²) in [4.78, 5) is 23.7. The maximum absolute atomic E-state index is 11.9. The summed E-state index contributed by atoms with van der Waals surface area (Å²) < 4.78 is 10.1. The number of amides is 1. The fraction of sp³-hybridized carbons (Fsp3) is 0.222. The van der Waals surface area contributed by atoms with Gasteiger partial charge in [0.25, 0.3) is 5.91 Å². The summed E-state index contributed by atoms with van der Waals surface area (Å²) in [6.45, 7) is 1.45. The Morgan fingerprint density at radius 2 is 1.92 bits per heavy atom. The Morgan fingerprint density at radius 1 is 1.17 bits per heavy atom. The minimum absolute atomic E-state index is 0.0701. The van der Waals surface area contributed by atoms with Gasteiger partial charge in [0.2, 0.25) is 0 Å². The van der Waals surface area contributed by atoms with Crippen LogP contribution < -0.4 is 10.1 Å². The molecule has 126 valence electrons. The average Bonchev–Trinajstić information content (AvgIpc) is 2.57. The highest BCUT2D eigenvalue weighted by atomic mass is 35.5. The van der Waals surface area contributed by atoms with Gasteiger partial charge in [-0.05, 0) is 42.3 Å². The van der Waals surface area contributed by atoms with E-state index in [1.807, 2.05) is 0 Å². The second-order valence-corrected chi connectivity index (χ2v) is 5.56. The first-order valence-electron chi connectivity index (χ1n) is 7.33. The second kappa shape index (κ2) is 8.36. The quantitative estimate of drug-likeness (QED) is 0.813. The first kappa shape index (κ1) is 17.8. The standard InChI is InChI=1S/C18H18ClNO4/c1-12-15(19)7-4-8-16(12)20-17(21)11-24-18(22)10-13-5-3-6-14(9-13)23-2/h3-9H,10-11H2,1-2H3,(H,20,21). The minimum atomic E-state index is -0.485. The maximum atomic E-state index is 11.9. The zero-order valence-corrected chi connectivity index (χ0v) is 14.2. The van der Waals surface area contributed by atoms with Crippen molar-refractivity contribution >= 4 is 29.2 Å². The fourth-order valence-corrected chi connectivity index (χ4v) is 2.25. The van der Waals surface area contributed by atoms with Crippen LogP contribution in [0.4, 0.5) is 5.69 Å². The predicted molar refractivity (Wildman–Crippen MR) is 92.5 cm³/mol. The molecule has 2 aromatic rings. The van der Waals surface area contributed by atoms with E-state index >= 15 is 0 Å². The van der Waals surface area contributed by atoms with E-state index in [9.17, 15) is 9.59 Å². The van der Waals surface area contributed by atoms with Gasteiger partial charge in [0.15, 0.2) is 6.61 Å². The number of nitrogens with one attached hydrogen (secondary N) is 1. The maximum Gasteiger partial charge on any atom is 0.310 e. The number of hydrogen-bond donors (Lipinski definition) is 1. The molecule has 0 saturated heterocycles. The molecular formula is C18H18ClNO4. The molecule has 2 rings (SSSR count). The van der Waals surface area contributed by atoms with Gasteiger partial charge in [-0.1, -0.05) is 29.8 Å². The summed E-state index contributed by atoms with van der Waals surface area (Å²) in [6.07, 6.45) is 0.0701. The highest BCUT2D eigenvalue weighted by Gasteiger charge is 2.11. The van der Waals surface area contributed by atoms with Crippen molar-refractivity contribution in [1.29, 1.82) is 0 Å². The number of halogens is 1. The molecule has 24 heavy (non-hydrogen) atoms. The predicted octanol–water partition coefficient (Wildman–Crippen LogP) is 3.38. The van der Waals surface area contributed by atoms with E-state index in [0.717, 1.165) is 11.1 Å². The Balaban J connectivity index is 1.84. The van der Waals surface area contributed by atoms with Crippen LogP contribution in [-0.4, -0.2) is 25.6 Å². The van der Waals surface area contributed by atoms with Crippen molar-refractivity contribution in [2.75, 3.05) is 19.0 Å². The molecular weight excluding hydrogens is 330 g/mol. The van der Waals surface area contributed by atoms with Crippen molar-refractivity contribution in [3.8, 4) is 5.75 Å². The smallest absolute Gasteiger partial charge is 0.310 e. The number of benzene rings is 2. The molecule has 0 spiro atoms. The summed E-state index contributed by atoms with van der Waals surface area (Å²) in [5.41, 5.74) is 2.11. The van der Waals surface area contributed by atoms with E-state index < -0.39 is 11.9 Å². The van der Waals surface area contributed by atoms with Crippen molar-refractivity contribution in [3.63, 3.8) is 0 Å². The van der Waals surface area contributed by atoms with Crippen LogP contribution >= 0.6 is 11.6 Å². The van der Waals surface area contributed by atoms with E-state index in [4.69, 9.17) is 21.1 Å². The van der Waals surface area contributed by atoms with Crippen LogP contribution in [-0.2, 0) is 20.7 Å². The lowest BCUT2D eigenvalue weighted by molar-refractivity contribution is -0.146. The highest BCUT2D eigenvalue weighted by molar-refractivity contribution is 6.31. The summed E-state index contributed by atoms with van der Waals surface area (Å²) >= 11 is 5.99. The van der Waals surface area contributed by atoms with Crippen LogP contribution in [0.1, 0.15) is 11.1 Å². The number of methoxy groups -OCH3 is 1. The molecule has 0 unspecified atom stereocenters. The van der Waals surface area contributed by atoms with Gasteiger partial charge in [0, 0.05) is 10.7 Å². The van der Waals surface area contributed by atoms with E-state index in [-0.39, 0.29) is 13.0 Å². The third-order valence-corrected chi connectivity index (χ3v) is 3.80. The molecule has 0 bridgehead atoms. The van der Waals surface area contributed by atoms with E-state index in [2.05, 4.69) is 5.32 Å². The number of carbonyl (C=O) groups excluding carboxylic acids is 2. The van der Waals surface area contributed by atoms with Gasteiger partial charge in [-0.15, -0.1) is 0 Å². The largest absolute Gasteiger partial charge is 0.497 e. The molecule has 1 amide bonds. The summed E-state index contributed by atoms with van der Waals surface area (Å²) in [7, 11) is 1.56. The SMILES string of the molecule is COc1cccc(CC(=O)OCC(=O)Nc2cccc(Cl)c2C)c1. The molecule has 0 saturated carbocycles. The molecule has 0 atom stereocenters. The Morgan fingerprint density at radius 3 is 2.67 bits per heavy atom. The van der Waals surface area contributed by atoms with Crippen LogP contribution in [0.2, 0.25) is 5.02 Å². The molecule has 0 heterocycles. The van der Waals surface area contributed by atoms with Crippen LogP contribution in [0.5, 0.6) is 5.75 Å². The van der Waals surface area contributed by atoms with Gasteiger partial charge >= 0.3 is 5.97 Å². The second-order valence-electron chi connectivity index (χ2n) is 5.15. The molecule has 0 aliphatic rings. The first-order valence-corrected chi connectivity index (χ1v) is 7.71. The van der Waals surface area contributed by atoms with E-state index in [1.54, 1.807) is 56.5 Å². The third-order valence-electron chi connectivity index (χ3n) is 3.39. The van der Waals surface area contributed by atoms with Gasteiger partial charge in [-0.2, -0.15) is 0 Å². The molecule has 6 heteroatoms. The Kier molecular flexibility index (Phi) is 6.21. The lowest BCUT2D eigenvalue weighted by atomic mass is 10.1. The van der Waals surface area contributed by atoms with Crippen molar-refractivity contribution in [2.24, 2.45) is 0 Å². The summed E-state index contributed by atoms with van der Waals surface area (Å²) in [5, 5.41) is 3.23. The molecule has 0 fully saturated rings. The van der Waals surface area contributed by atoms with Crippen molar-refractivity contribution in [1.82, 2.24) is 0 Å². The number of carbonyl (C=O) groups is 2. The average molecular weight is 348 g/mol. The minimum Gasteiger partial charge on any atom is -0.497 e. The Labute approximate surface area is 145 Å². The van der Waals surface area contributed by atoms with Gasteiger partial charge in [0.05, 0.1) is 13.5 Å². The third kappa shape index (κ3) is 4.99. The van der Waals surface area contributed by atoms with Crippen molar-refractivity contribution < 1.29 is 19.1 Å². The molecule has 5 nitrogen and oxygen atoms in total. The van der Waals surface area contributed by atoms with Crippen molar-refractivity contribution in [2.45, 2.75) is 13.3 Å².